The molecule has 0 aromatic carbocycles. The van der Waals surface area contributed by atoms with Crippen LogP contribution in [0.2, 0.25) is 0 Å². The molecule has 1 aromatic rings. The minimum Gasteiger partial charge on any atom is -0.425 e. The lowest BCUT2D eigenvalue weighted by atomic mass is 9.82. The van der Waals surface area contributed by atoms with Gasteiger partial charge in [0, 0.05) is 18.9 Å². The second-order valence-electron chi connectivity index (χ2n) is 5.57. The van der Waals surface area contributed by atoms with Gasteiger partial charge in [0.05, 0.1) is 0 Å². The smallest absolute Gasteiger partial charge is 0.220 e. The van der Waals surface area contributed by atoms with Crippen molar-refractivity contribution in [1.82, 2.24) is 15.5 Å². The highest BCUT2D eigenvalue weighted by Crippen LogP contribution is 2.48. The first-order valence-corrected chi connectivity index (χ1v) is 6.66. The van der Waals surface area contributed by atoms with Crippen LogP contribution in [0.5, 0.6) is 0 Å². The van der Waals surface area contributed by atoms with Gasteiger partial charge in [0.1, 0.15) is 0 Å². The Hall–Kier alpha value is -0.900. The number of hydrogen-bond acceptors (Lipinski definition) is 4. The molecule has 0 spiro atoms. The molecule has 0 radical (unpaired) electrons. The van der Waals surface area contributed by atoms with Gasteiger partial charge in [0.15, 0.2) is 0 Å². The number of aromatic nitrogens is 2. The van der Waals surface area contributed by atoms with Crippen LogP contribution in [0.25, 0.3) is 0 Å². The van der Waals surface area contributed by atoms with Crippen molar-refractivity contribution in [3.05, 3.63) is 11.8 Å². The summed E-state index contributed by atoms with van der Waals surface area (Å²) in [5.74, 6) is 2.06. The SMILES string of the molecule is CCNCCc1nnc(C2CCCC2(C)C)o1. The van der Waals surface area contributed by atoms with Gasteiger partial charge in [-0.15, -0.1) is 10.2 Å². The zero-order valence-electron chi connectivity index (χ0n) is 11.1. The second-order valence-corrected chi connectivity index (χ2v) is 5.57. The van der Waals surface area contributed by atoms with Crippen molar-refractivity contribution >= 4 is 0 Å². The molecular weight excluding hydrogens is 214 g/mol. The van der Waals surface area contributed by atoms with E-state index in [2.05, 4.69) is 36.3 Å². The minimum atomic E-state index is 0.311. The quantitative estimate of drug-likeness (QED) is 0.799. The lowest BCUT2D eigenvalue weighted by Gasteiger charge is -2.23. The monoisotopic (exact) mass is 237 g/mol. The molecule has 1 N–H and O–H groups in total. The first kappa shape index (κ1) is 12.6. The summed E-state index contributed by atoms with van der Waals surface area (Å²) in [6.45, 7) is 8.59. The zero-order chi connectivity index (χ0) is 12.3. The summed E-state index contributed by atoms with van der Waals surface area (Å²) in [6, 6.07) is 0. The van der Waals surface area contributed by atoms with Crippen molar-refractivity contribution in [3.8, 4) is 0 Å². The van der Waals surface area contributed by atoms with E-state index in [0.29, 0.717) is 11.3 Å². The molecule has 1 aliphatic carbocycles. The molecule has 0 saturated heterocycles. The number of nitrogens with one attached hydrogen (secondary N) is 1. The van der Waals surface area contributed by atoms with Crippen molar-refractivity contribution < 1.29 is 4.42 Å². The maximum atomic E-state index is 5.79. The van der Waals surface area contributed by atoms with Gasteiger partial charge in [-0.3, -0.25) is 0 Å². The lowest BCUT2D eigenvalue weighted by Crippen LogP contribution is -2.16. The molecule has 96 valence electrons. The predicted molar refractivity (Wildman–Crippen MR) is 66.9 cm³/mol. The van der Waals surface area contributed by atoms with Gasteiger partial charge >= 0.3 is 0 Å². The molecule has 1 atom stereocenters. The van der Waals surface area contributed by atoms with Gasteiger partial charge in [0.2, 0.25) is 11.8 Å². The fourth-order valence-corrected chi connectivity index (χ4v) is 2.67. The molecule has 4 heteroatoms. The molecule has 0 aliphatic heterocycles. The molecule has 1 saturated carbocycles. The molecular formula is C13H23N3O. The fraction of sp³-hybridized carbons (Fsp3) is 0.846. The van der Waals surface area contributed by atoms with Crippen LogP contribution < -0.4 is 5.32 Å². The Morgan fingerprint density at radius 3 is 2.88 bits per heavy atom. The van der Waals surface area contributed by atoms with E-state index in [4.69, 9.17) is 4.42 Å². The van der Waals surface area contributed by atoms with E-state index in [1.165, 1.54) is 19.3 Å². The van der Waals surface area contributed by atoms with E-state index in [-0.39, 0.29) is 0 Å². The third-order valence-corrected chi connectivity index (χ3v) is 3.80. The highest BCUT2D eigenvalue weighted by atomic mass is 16.4. The van der Waals surface area contributed by atoms with Crippen LogP contribution in [-0.4, -0.2) is 23.3 Å². The molecule has 1 aliphatic rings. The fourth-order valence-electron chi connectivity index (χ4n) is 2.67. The second kappa shape index (κ2) is 5.17. The largest absolute Gasteiger partial charge is 0.425 e. The van der Waals surface area contributed by atoms with Crippen molar-refractivity contribution in [2.75, 3.05) is 13.1 Å². The topological polar surface area (TPSA) is 51.0 Å². The maximum Gasteiger partial charge on any atom is 0.220 e. The third kappa shape index (κ3) is 2.86. The van der Waals surface area contributed by atoms with Crippen molar-refractivity contribution in [2.24, 2.45) is 5.41 Å². The summed E-state index contributed by atoms with van der Waals surface area (Å²) < 4.78 is 5.79. The molecule has 4 nitrogen and oxygen atoms in total. The van der Waals surface area contributed by atoms with E-state index >= 15 is 0 Å². The highest BCUT2D eigenvalue weighted by molar-refractivity contribution is 5.02. The Kier molecular flexibility index (Phi) is 3.82. The zero-order valence-corrected chi connectivity index (χ0v) is 11.1. The van der Waals surface area contributed by atoms with E-state index in [0.717, 1.165) is 31.3 Å². The molecule has 2 rings (SSSR count). The van der Waals surface area contributed by atoms with Crippen molar-refractivity contribution in [1.29, 1.82) is 0 Å². The summed E-state index contributed by atoms with van der Waals surface area (Å²) >= 11 is 0. The van der Waals surface area contributed by atoms with Gasteiger partial charge in [-0.1, -0.05) is 27.2 Å². The summed E-state index contributed by atoms with van der Waals surface area (Å²) in [5.41, 5.74) is 0.311. The van der Waals surface area contributed by atoms with Crippen LogP contribution in [0.3, 0.4) is 0 Å². The third-order valence-electron chi connectivity index (χ3n) is 3.80. The van der Waals surface area contributed by atoms with Crippen LogP contribution in [0, 0.1) is 5.41 Å². The van der Waals surface area contributed by atoms with Gasteiger partial charge in [-0.25, -0.2) is 0 Å². The molecule has 1 unspecified atom stereocenters. The molecule has 1 fully saturated rings. The van der Waals surface area contributed by atoms with Crippen molar-refractivity contribution in [3.63, 3.8) is 0 Å². The van der Waals surface area contributed by atoms with Crippen molar-refractivity contribution in [2.45, 2.75) is 52.4 Å². The Morgan fingerprint density at radius 2 is 2.24 bits per heavy atom. The Bertz CT molecular complexity index is 359. The molecule has 1 heterocycles. The molecule has 0 amide bonds. The number of likely N-dealkylation sites (N-methyl/N-ethyl adjacent to an activating group) is 1. The summed E-state index contributed by atoms with van der Waals surface area (Å²) in [4.78, 5) is 0. The normalized spacial score (nSPS) is 23.1. The maximum absolute atomic E-state index is 5.79. The van der Waals surface area contributed by atoms with Gasteiger partial charge in [-0.2, -0.15) is 0 Å². The Balaban J connectivity index is 1.98. The van der Waals surface area contributed by atoms with Crippen LogP contribution >= 0.6 is 0 Å². The van der Waals surface area contributed by atoms with E-state index in [1.54, 1.807) is 0 Å². The first-order chi connectivity index (χ1) is 8.13. The molecule has 17 heavy (non-hydrogen) atoms. The first-order valence-electron chi connectivity index (χ1n) is 6.66. The summed E-state index contributed by atoms with van der Waals surface area (Å²) in [7, 11) is 0. The van der Waals surface area contributed by atoms with Gasteiger partial charge in [0.25, 0.3) is 0 Å². The standard InChI is InChI=1S/C13H23N3O/c1-4-14-9-7-11-15-16-12(17-11)10-6-5-8-13(10,2)3/h10,14H,4-9H2,1-3H3. The van der Waals surface area contributed by atoms with E-state index in [1.807, 2.05) is 0 Å². The lowest BCUT2D eigenvalue weighted by molar-refractivity contribution is 0.280. The van der Waals surface area contributed by atoms with Crippen LogP contribution in [0.4, 0.5) is 0 Å². The molecule has 0 bridgehead atoms. The Morgan fingerprint density at radius 1 is 1.41 bits per heavy atom. The van der Waals surface area contributed by atoms with Gasteiger partial charge < -0.3 is 9.73 Å². The number of hydrogen-bond donors (Lipinski definition) is 1. The van der Waals surface area contributed by atoms with Gasteiger partial charge in [-0.05, 0) is 24.8 Å². The summed E-state index contributed by atoms with van der Waals surface area (Å²) in [6.07, 6.45) is 4.54. The number of rotatable bonds is 5. The minimum absolute atomic E-state index is 0.311. The average Bonchev–Trinajstić information content (AvgIpc) is 2.85. The predicted octanol–water partition coefficient (Wildman–Crippen LogP) is 2.52. The Labute approximate surface area is 103 Å². The van der Waals surface area contributed by atoms with E-state index in [9.17, 15) is 0 Å². The van der Waals surface area contributed by atoms with Crippen LogP contribution in [0.1, 0.15) is 57.7 Å². The number of nitrogens with zero attached hydrogens (tertiary/aromatic N) is 2. The van der Waals surface area contributed by atoms with E-state index < -0.39 is 0 Å². The highest BCUT2D eigenvalue weighted by Gasteiger charge is 2.38. The molecule has 1 aromatic heterocycles. The summed E-state index contributed by atoms with van der Waals surface area (Å²) in [5, 5.41) is 11.6. The van der Waals surface area contributed by atoms with Crippen LogP contribution in [-0.2, 0) is 6.42 Å². The average molecular weight is 237 g/mol. The van der Waals surface area contributed by atoms with Crippen LogP contribution in [0.15, 0.2) is 4.42 Å².